The number of amides is 1. The van der Waals surface area contributed by atoms with Crippen LogP contribution in [0.15, 0.2) is 42.5 Å². The van der Waals surface area contributed by atoms with Crippen LogP contribution in [0.1, 0.15) is 13.8 Å². The fourth-order valence-electron chi connectivity index (χ4n) is 3.55. The molecule has 0 unspecified atom stereocenters. The summed E-state index contributed by atoms with van der Waals surface area (Å²) in [6, 6.07) is 13.4. The number of benzene rings is 2. The molecule has 0 saturated carbocycles. The van der Waals surface area contributed by atoms with Crippen molar-refractivity contribution in [3.8, 4) is 5.75 Å². The lowest BCUT2D eigenvalue weighted by Gasteiger charge is -2.28. The highest BCUT2D eigenvalue weighted by atomic mass is 16.6. The number of aliphatic hydroxyl groups is 1. The summed E-state index contributed by atoms with van der Waals surface area (Å²) in [6.07, 6.45) is -1.33. The zero-order chi connectivity index (χ0) is 18.3. The lowest BCUT2D eigenvalue weighted by atomic mass is 10.0. The Morgan fingerprint density at radius 3 is 2.69 bits per heavy atom. The predicted molar refractivity (Wildman–Crippen MR) is 96.1 cm³/mol. The van der Waals surface area contributed by atoms with Crippen LogP contribution in [-0.2, 0) is 14.3 Å². The quantitative estimate of drug-likeness (QED) is 0.870. The first-order valence-electron chi connectivity index (χ1n) is 8.85. The second-order valence-electron chi connectivity index (χ2n) is 7.33. The largest absolute Gasteiger partial charge is 0.477 e. The highest BCUT2D eigenvalue weighted by Crippen LogP contribution is 2.30. The Kier molecular flexibility index (Phi) is 4.34. The normalized spacial score (nSPS) is 28.1. The van der Waals surface area contributed by atoms with Gasteiger partial charge in [0.1, 0.15) is 24.1 Å². The third-order valence-corrected chi connectivity index (χ3v) is 5.01. The van der Waals surface area contributed by atoms with E-state index in [-0.39, 0.29) is 30.8 Å². The first-order chi connectivity index (χ1) is 12.5. The SMILES string of the molecule is CC(C)(Oc1cccc2ccccc12)C(=O)N[C@@H]1CO[C@H]2[C@@H]1OC[C@H]2O. The molecule has 2 aliphatic rings. The zero-order valence-corrected chi connectivity index (χ0v) is 14.8. The number of rotatable bonds is 4. The number of fused-ring (bicyclic) bond motifs is 2. The van der Waals surface area contributed by atoms with E-state index in [1.807, 2.05) is 42.5 Å². The van der Waals surface area contributed by atoms with Crippen molar-refractivity contribution < 1.29 is 24.1 Å². The van der Waals surface area contributed by atoms with Crippen molar-refractivity contribution in [2.45, 2.75) is 43.8 Å². The molecule has 2 N–H and O–H groups in total. The molecule has 0 radical (unpaired) electrons. The van der Waals surface area contributed by atoms with Gasteiger partial charge in [0.2, 0.25) is 0 Å². The van der Waals surface area contributed by atoms with Crippen LogP contribution >= 0.6 is 0 Å². The molecule has 6 heteroatoms. The Labute approximate surface area is 152 Å². The van der Waals surface area contributed by atoms with Gasteiger partial charge in [-0.05, 0) is 25.3 Å². The number of ether oxygens (including phenoxy) is 3. The lowest BCUT2D eigenvalue weighted by Crippen LogP contribution is -2.53. The molecular weight excluding hydrogens is 334 g/mol. The number of nitrogens with one attached hydrogen (secondary N) is 1. The maximum absolute atomic E-state index is 12.8. The second kappa shape index (κ2) is 6.54. The van der Waals surface area contributed by atoms with Gasteiger partial charge in [-0.25, -0.2) is 0 Å². The Bertz CT molecular complexity index is 815. The molecule has 6 nitrogen and oxygen atoms in total. The van der Waals surface area contributed by atoms with Crippen LogP contribution in [0.3, 0.4) is 0 Å². The van der Waals surface area contributed by atoms with Crippen molar-refractivity contribution in [2.24, 2.45) is 0 Å². The number of carbonyl (C=O) groups excluding carboxylic acids is 1. The smallest absolute Gasteiger partial charge is 0.263 e. The molecule has 0 aromatic heterocycles. The molecule has 26 heavy (non-hydrogen) atoms. The molecule has 2 aliphatic heterocycles. The molecule has 2 heterocycles. The minimum atomic E-state index is -1.07. The third kappa shape index (κ3) is 3.05. The number of hydrogen-bond acceptors (Lipinski definition) is 5. The Balaban J connectivity index is 1.48. The van der Waals surface area contributed by atoms with Gasteiger partial charge < -0.3 is 24.6 Å². The van der Waals surface area contributed by atoms with Crippen LogP contribution < -0.4 is 10.1 Å². The van der Waals surface area contributed by atoms with Crippen LogP contribution in [0, 0.1) is 0 Å². The van der Waals surface area contributed by atoms with E-state index < -0.39 is 11.7 Å². The molecule has 2 aromatic rings. The van der Waals surface area contributed by atoms with Gasteiger partial charge in [0.05, 0.1) is 19.3 Å². The van der Waals surface area contributed by atoms with Crippen molar-refractivity contribution in [2.75, 3.05) is 13.2 Å². The molecule has 138 valence electrons. The van der Waals surface area contributed by atoms with Crippen LogP contribution in [-0.4, -0.2) is 54.2 Å². The standard InChI is InChI=1S/C20H23NO5/c1-20(2,26-16-9-5-7-12-6-3-4-8-13(12)16)19(23)21-14-10-24-18-15(22)11-25-17(14)18/h3-9,14-15,17-18,22H,10-11H2,1-2H3,(H,21,23)/t14-,15-,17-,18-/m1/s1. The highest BCUT2D eigenvalue weighted by Gasteiger charge is 2.48. The molecule has 4 rings (SSSR count). The van der Waals surface area contributed by atoms with E-state index in [4.69, 9.17) is 14.2 Å². The first kappa shape index (κ1) is 17.3. The Hall–Kier alpha value is -2.15. The summed E-state index contributed by atoms with van der Waals surface area (Å²) < 4.78 is 17.2. The molecule has 2 saturated heterocycles. The van der Waals surface area contributed by atoms with Gasteiger partial charge in [0.15, 0.2) is 5.60 Å². The number of hydrogen-bond donors (Lipinski definition) is 2. The molecule has 0 bridgehead atoms. The highest BCUT2D eigenvalue weighted by molar-refractivity contribution is 5.90. The van der Waals surface area contributed by atoms with Crippen molar-refractivity contribution in [1.29, 1.82) is 0 Å². The maximum atomic E-state index is 12.8. The third-order valence-electron chi connectivity index (χ3n) is 5.01. The molecule has 2 aromatic carbocycles. The molecule has 0 spiro atoms. The maximum Gasteiger partial charge on any atom is 0.263 e. The summed E-state index contributed by atoms with van der Waals surface area (Å²) in [7, 11) is 0. The van der Waals surface area contributed by atoms with Gasteiger partial charge >= 0.3 is 0 Å². The Morgan fingerprint density at radius 2 is 1.85 bits per heavy atom. The van der Waals surface area contributed by atoms with Crippen molar-refractivity contribution in [3.63, 3.8) is 0 Å². The van der Waals surface area contributed by atoms with Crippen LogP contribution in [0.4, 0.5) is 0 Å². The van der Waals surface area contributed by atoms with Gasteiger partial charge in [-0.2, -0.15) is 0 Å². The van der Waals surface area contributed by atoms with Gasteiger partial charge in [-0.15, -0.1) is 0 Å². The number of carbonyl (C=O) groups is 1. The van der Waals surface area contributed by atoms with E-state index >= 15 is 0 Å². The summed E-state index contributed by atoms with van der Waals surface area (Å²) in [5.41, 5.74) is -1.07. The summed E-state index contributed by atoms with van der Waals surface area (Å²) >= 11 is 0. The first-order valence-corrected chi connectivity index (χ1v) is 8.85. The van der Waals surface area contributed by atoms with E-state index in [0.717, 1.165) is 10.8 Å². The van der Waals surface area contributed by atoms with Gasteiger partial charge in [-0.3, -0.25) is 4.79 Å². The van der Waals surface area contributed by atoms with Crippen molar-refractivity contribution in [1.82, 2.24) is 5.32 Å². The average Bonchev–Trinajstić information content (AvgIpc) is 3.19. The minimum absolute atomic E-state index is 0.234. The van der Waals surface area contributed by atoms with E-state index in [1.54, 1.807) is 13.8 Å². The summed E-state index contributed by atoms with van der Waals surface area (Å²) in [5.74, 6) is 0.418. The van der Waals surface area contributed by atoms with Crippen molar-refractivity contribution >= 4 is 16.7 Å². The molecular formula is C20H23NO5. The summed E-state index contributed by atoms with van der Waals surface area (Å²) in [6.45, 7) is 4.03. The van der Waals surface area contributed by atoms with Crippen LogP contribution in [0.2, 0.25) is 0 Å². The van der Waals surface area contributed by atoms with E-state index in [9.17, 15) is 9.90 Å². The zero-order valence-electron chi connectivity index (χ0n) is 14.8. The number of aliphatic hydroxyl groups excluding tert-OH is 1. The minimum Gasteiger partial charge on any atom is -0.477 e. The van der Waals surface area contributed by atoms with Gasteiger partial charge in [0.25, 0.3) is 5.91 Å². The summed E-state index contributed by atoms with van der Waals surface area (Å²) in [5, 5.41) is 14.8. The molecule has 4 atom stereocenters. The monoisotopic (exact) mass is 357 g/mol. The molecule has 1 amide bonds. The lowest BCUT2D eigenvalue weighted by molar-refractivity contribution is -0.135. The van der Waals surface area contributed by atoms with Gasteiger partial charge in [0, 0.05) is 5.39 Å². The predicted octanol–water partition coefficient (Wildman–Crippen LogP) is 1.64. The fraction of sp³-hybridized carbons (Fsp3) is 0.450. The second-order valence-corrected chi connectivity index (χ2v) is 7.33. The van der Waals surface area contributed by atoms with Crippen molar-refractivity contribution in [3.05, 3.63) is 42.5 Å². The average molecular weight is 357 g/mol. The van der Waals surface area contributed by atoms with Crippen LogP contribution in [0.25, 0.3) is 10.8 Å². The summed E-state index contributed by atoms with van der Waals surface area (Å²) in [4.78, 5) is 12.8. The molecule has 0 aliphatic carbocycles. The molecule has 2 fully saturated rings. The van der Waals surface area contributed by atoms with Crippen LogP contribution in [0.5, 0.6) is 5.75 Å². The van der Waals surface area contributed by atoms with Gasteiger partial charge in [-0.1, -0.05) is 36.4 Å². The Morgan fingerprint density at radius 1 is 1.12 bits per heavy atom. The topological polar surface area (TPSA) is 77.0 Å². The fourth-order valence-corrected chi connectivity index (χ4v) is 3.55. The van der Waals surface area contributed by atoms with E-state index in [0.29, 0.717) is 12.4 Å². The van der Waals surface area contributed by atoms with E-state index in [1.165, 1.54) is 0 Å². The van der Waals surface area contributed by atoms with E-state index in [2.05, 4.69) is 5.32 Å².